The summed E-state index contributed by atoms with van der Waals surface area (Å²) < 4.78 is 23.5. The molecule has 7 rings (SSSR count). The van der Waals surface area contributed by atoms with E-state index in [1.807, 2.05) is 18.2 Å². The highest BCUT2D eigenvalue weighted by Crippen LogP contribution is 2.78. The molecule has 9 atom stereocenters. The van der Waals surface area contributed by atoms with Crippen molar-refractivity contribution in [3.63, 3.8) is 0 Å². The van der Waals surface area contributed by atoms with Crippen LogP contribution in [0.25, 0.3) is 5.57 Å². The number of nitrogens with one attached hydrogen (secondary N) is 1. The number of hydrogen-bond acceptors (Lipinski definition) is 5. The van der Waals surface area contributed by atoms with Gasteiger partial charge in [0.2, 0.25) is 5.91 Å². The molecular weight excluding hydrogens is 693 g/mol. The second-order valence-corrected chi connectivity index (χ2v) is 22.1. The molecule has 0 spiro atoms. The molecule has 5 fully saturated rings. The van der Waals surface area contributed by atoms with Crippen LogP contribution in [0.5, 0.6) is 0 Å². The first kappa shape index (κ1) is 39.5. The van der Waals surface area contributed by atoms with E-state index in [0.717, 1.165) is 44.2 Å². The van der Waals surface area contributed by atoms with Gasteiger partial charge in [-0.15, -0.1) is 0 Å². The molecule has 4 unspecified atom stereocenters. The van der Waals surface area contributed by atoms with E-state index >= 15 is 0 Å². The molecule has 2 N–H and O–H groups in total. The monoisotopic (exact) mass is 758 g/mol. The highest BCUT2D eigenvalue weighted by atomic mass is 32.2. The molecular formula is C46H66N2O5S. The highest BCUT2D eigenvalue weighted by molar-refractivity contribution is 7.91. The number of carbonyl (C=O) groups excluding carboxylic acids is 1. The molecule has 6 aliphatic rings. The first-order chi connectivity index (χ1) is 25.4. The molecule has 1 amide bonds. The standard InChI is InChI=1S/C46H66N2O5S/c1-31(2)34-15-21-46(22-18-39(49)47-25-8-26-48-27-29-54(52,53)30-28-48)24-23-44(6)36(40(34)46)13-14-38-43(5)19-16-35(32-9-11-33(12-10-32)41(50)51)42(3,4)37(43)17-20-45(38,44)7/h9-12,16,18,22,34,36-38,40H,1,8,13-15,17,19-21,23-30H2,2-7H3,(H,47,49)(H,50,51)/b22-18+/t34-,36?,37?,38?,40?,43-,44+,45+,46-/m0/s1. The van der Waals surface area contributed by atoms with E-state index < -0.39 is 15.8 Å². The molecule has 7 nitrogen and oxygen atoms in total. The molecule has 0 aromatic heterocycles. The average Bonchev–Trinajstić information content (AvgIpc) is 3.50. The van der Waals surface area contributed by atoms with Crippen LogP contribution in [-0.4, -0.2) is 68.0 Å². The van der Waals surface area contributed by atoms with Crippen LogP contribution in [0, 0.1) is 56.7 Å². The quantitative estimate of drug-likeness (QED) is 0.148. The number of carboxylic acids is 1. The number of hydrogen-bond donors (Lipinski definition) is 2. The van der Waals surface area contributed by atoms with Crippen LogP contribution in [0.3, 0.4) is 0 Å². The van der Waals surface area contributed by atoms with Crippen LogP contribution in [0.2, 0.25) is 0 Å². The Morgan fingerprint density at radius 1 is 0.926 bits per heavy atom. The number of carbonyl (C=O) groups is 2. The van der Waals surface area contributed by atoms with Gasteiger partial charge in [-0.3, -0.25) is 4.79 Å². The Morgan fingerprint density at radius 3 is 2.30 bits per heavy atom. The van der Waals surface area contributed by atoms with E-state index in [4.69, 9.17) is 0 Å². The zero-order chi connectivity index (χ0) is 38.9. The van der Waals surface area contributed by atoms with Gasteiger partial charge in [-0.1, -0.05) is 71.1 Å². The summed E-state index contributed by atoms with van der Waals surface area (Å²) in [6.45, 7) is 22.2. The molecule has 1 saturated heterocycles. The minimum atomic E-state index is -2.88. The number of rotatable bonds is 9. The summed E-state index contributed by atoms with van der Waals surface area (Å²) in [5, 5.41) is 12.6. The maximum Gasteiger partial charge on any atom is 0.335 e. The van der Waals surface area contributed by atoms with Crippen molar-refractivity contribution < 1.29 is 23.1 Å². The molecule has 8 heteroatoms. The van der Waals surface area contributed by atoms with Crippen molar-refractivity contribution in [1.29, 1.82) is 0 Å². The van der Waals surface area contributed by atoms with Gasteiger partial charge in [0.05, 0.1) is 17.1 Å². The maximum absolute atomic E-state index is 13.2. The Kier molecular flexibility index (Phi) is 10.3. The third-order valence-electron chi connectivity index (χ3n) is 17.1. The van der Waals surface area contributed by atoms with Crippen LogP contribution >= 0.6 is 0 Å². The lowest BCUT2D eigenvalue weighted by atomic mass is 9.32. The molecule has 5 aliphatic carbocycles. The fourth-order valence-corrected chi connectivity index (χ4v) is 15.4. The lowest BCUT2D eigenvalue weighted by Crippen LogP contribution is -2.65. The fourth-order valence-electron chi connectivity index (χ4n) is 14.2. The maximum atomic E-state index is 13.2. The zero-order valence-electron chi connectivity index (χ0n) is 33.9. The van der Waals surface area contributed by atoms with Gasteiger partial charge in [-0.25, -0.2) is 13.2 Å². The number of fused-ring (bicyclic) bond motifs is 7. The number of aromatic carboxylic acids is 1. The van der Waals surface area contributed by atoms with E-state index in [1.54, 1.807) is 12.1 Å². The summed E-state index contributed by atoms with van der Waals surface area (Å²) in [5.74, 6) is 2.34. The van der Waals surface area contributed by atoms with E-state index in [1.165, 1.54) is 43.3 Å². The summed E-state index contributed by atoms with van der Waals surface area (Å²) in [6, 6.07) is 7.53. The van der Waals surface area contributed by atoms with Crippen molar-refractivity contribution in [2.75, 3.05) is 37.7 Å². The fraction of sp³-hybridized carbons (Fsp3) is 0.696. The van der Waals surface area contributed by atoms with Crippen molar-refractivity contribution >= 4 is 27.3 Å². The Labute approximate surface area is 325 Å². The Bertz CT molecular complexity index is 1820. The smallest absolute Gasteiger partial charge is 0.335 e. The van der Waals surface area contributed by atoms with E-state index in [2.05, 4.69) is 70.5 Å². The van der Waals surface area contributed by atoms with Crippen LogP contribution in [0.4, 0.5) is 0 Å². The molecule has 0 radical (unpaired) electrons. The number of sulfone groups is 1. The van der Waals surface area contributed by atoms with Gasteiger partial charge in [0, 0.05) is 19.6 Å². The SMILES string of the molecule is C=C(C)[C@@H]1CC[C@]2(/C=C/C(=O)NCCCN3CCS(=O)(=O)CC3)CC[C@]3(C)C(CCC4[C@@]5(C)CC=C(c6ccc(C(=O)O)cc6)C(C)(C)C5CC[C@]43C)C12. The van der Waals surface area contributed by atoms with Crippen molar-refractivity contribution in [2.24, 2.45) is 56.7 Å². The van der Waals surface area contributed by atoms with E-state index in [9.17, 15) is 23.1 Å². The molecule has 4 saturated carbocycles. The van der Waals surface area contributed by atoms with Crippen LogP contribution in [0.15, 0.2) is 54.6 Å². The molecule has 1 heterocycles. The number of nitrogens with zero attached hydrogens (tertiary/aromatic N) is 1. The number of benzene rings is 1. The van der Waals surface area contributed by atoms with Crippen LogP contribution in [0.1, 0.15) is 122 Å². The molecule has 296 valence electrons. The van der Waals surface area contributed by atoms with Gasteiger partial charge in [0.1, 0.15) is 0 Å². The Balaban J connectivity index is 1.08. The van der Waals surface area contributed by atoms with E-state index in [0.29, 0.717) is 54.8 Å². The number of carboxylic acid groups (broad SMARTS) is 1. The molecule has 54 heavy (non-hydrogen) atoms. The van der Waals surface area contributed by atoms with Crippen molar-refractivity contribution in [3.05, 3.63) is 65.8 Å². The summed E-state index contributed by atoms with van der Waals surface area (Å²) in [4.78, 5) is 27.0. The molecule has 1 aromatic rings. The van der Waals surface area contributed by atoms with Gasteiger partial charge < -0.3 is 15.3 Å². The number of amides is 1. The van der Waals surface area contributed by atoms with E-state index in [-0.39, 0.29) is 44.5 Å². The summed E-state index contributed by atoms with van der Waals surface area (Å²) in [6.07, 6.45) is 18.1. The Morgan fingerprint density at radius 2 is 1.63 bits per heavy atom. The van der Waals surface area contributed by atoms with Gasteiger partial charge in [-0.05, 0) is 164 Å². The first-order valence-corrected chi connectivity index (χ1v) is 22.8. The van der Waals surface area contributed by atoms with Crippen LogP contribution in [-0.2, 0) is 14.6 Å². The Hall–Kier alpha value is -2.71. The third kappa shape index (κ3) is 6.47. The second kappa shape index (κ2) is 14.0. The summed E-state index contributed by atoms with van der Waals surface area (Å²) in [5.41, 5.74) is 4.80. The number of allylic oxidation sites excluding steroid dienone is 4. The lowest BCUT2D eigenvalue weighted by Gasteiger charge is -2.72. The topological polar surface area (TPSA) is 104 Å². The predicted molar refractivity (Wildman–Crippen MR) is 218 cm³/mol. The van der Waals surface area contributed by atoms with Gasteiger partial charge in [0.25, 0.3) is 0 Å². The van der Waals surface area contributed by atoms with Gasteiger partial charge >= 0.3 is 5.97 Å². The molecule has 1 aromatic carbocycles. The minimum Gasteiger partial charge on any atom is -0.478 e. The van der Waals surface area contributed by atoms with Crippen molar-refractivity contribution in [2.45, 2.75) is 106 Å². The van der Waals surface area contributed by atoms with Crippen molar-refractivity contribution in [1.82, 2.24) is 10.2 Å². The van der Waals surface area contributed by atoms with Crippen LogP contribution < -0.4 is 5.32 Å². The average molecular weight is 759 g/mol. The predicted octanol–water partition coefficient (Wildman–Crippen LogP) is 8.83. The summed E-state index contributed by atoms with van der Waals surface area (Å²) in [7, 11) is -2.88. The highest BCUT2D eigenvalue weighted by Gasteiger charge is 2.70. The lowest BCUT2D eigenvalue weighted by molar-refractivity contribution is -0.221. The van der Waals surface area contributed by atoms with Gasteiger partial charge in [0.15, 0.2) is 9.84 Å². The normalized spacial score (nSPS) is 39.7. The third-order valence-corrected chi connectivity index (χ3v) is 18.7. The van der Waals surface area contributed by atoms with Gasteiger partial charge in [-0.2, -0.15) is 0 Å². The zero-order valence-corrected chi connectivity index (χ0v) is 34.7. The summed E-state index contributed by atoms with van der Waals surface area (Å²) >= 11 is 0. The first-order valence-electron chi connectivity index (χ1n) is 21.0. The van der Waals surface area contributed by atoms with Crippen molar-refractivity contribution in [3.8, 4) is 0 Å². The minimum absolute atomic E-state index is 0.0106. The molecule has 1 aliphatic heterocycles. The second-order valence-electron chi connectivity index (χ2n) is 19.8. The largest absolute Gasteiger partial charge is 0.478 e. The molecule has 0 bridgehead atoms.